The van der Waals surface area contributed by atoms with Gasteiger partial charge in [0.15, 0.2) is 5.58 Å². The van der Waals surface area contributed by atoms with Gasteiger partial charge in [-0.2, -0.15) is 0 Å². The van der Waals surface area contributed by atoms with Crippen LogP contribution in [-0.4, -0.2) is 11.2 Å². The van der Waals surface area contributed by atoms with E-state index in [1.165, 1.54) is 0 Å². The minimum Gasteiger partial charge on any atom is -0.436 e. The number of benzene rings is 3. The van der Waals surface area contributed by atoms with Gasteiger partial charge in [-0.1, -0.05) is 48.0 Å². The second-order valence-electron chi connectivity index (χ2n) is 5.81. The zero-order chi connectivity index (χ0) is 18.6. The maximum atomic E-state index is 6.13. The third kappa shape index (κ3) is 4.02. The number of hydrogen-bond donors (Lipinski definition) is 0. The molecule has 132 valence electrons. The molecule has 0 aliphatic carbocycles. The molecular formula is C22H14BrClN2O. The Morgan fingerprint density at radius 1 is 1.00 bits per heavy atom. The van der Waals surface area contributed by atoms with Gasteiger partial charge in [-0.15, -0.1) is 0 Å². The Morgan fingerprint density at radius 3 is 2.67 bits per heavy atom. The summed E-state index contributed by atoms with van der Waals surface area (Å²) >= 11 is 9.66. The Hall–Kier alpha value is -2.69. The van der Waals surface area contributed by atoms with Crippen LogP contribution < -0.4 is 0 Å². The molecule has 0 spiro atoms. The highest BCUT2D eigenvalue weighted by Crippen LogP contribution is 2.31. The predicted molar refractivity (Wildman–Crippen MR) is 116 cm³/mol. The lowest BCUT2D eigenvalue weighted by atomic mass is 10.2. The van der Waals surface area contributed by atoms with Gasteiger partial charge in [-0.05, 0) is 64.0 Å². The average Bonchev–Trinajstić information content (AvgIpc) is 3.10. The van der Waals surface area contributed by atoms with E-state index in [0.29, 0.717) is 10.9 Å². The number of allylic oxidation sites excluding steroid dienone is 1. The van der Waals surface area contributed by atoms with Crippen molar-refractivity contribution in [3.63, 3.8) is 0 Å². The zero-order valence-electron chi connectivity index (χ0n) is 14.1. The Morgan fingerprint density at radius 2 is 1.81 bits per heavy atom. The zero-order valence-corrected chi connectivity index (χ0v) is 16.5. The fourth-order valence-corrected chi connectivity index (χ4v) is 3.29. The first kappa shape index (κ1) is 17.7. The average molecular weight is 438 g/mol. The molecule has 0 bridgehead atoms. The standard InChI is InChI=1S/C22H14BrClN2O/c23-18-9-3-2-8-17(18)22-26-20-14-16(11-12-21(20)27-22)25-13-5-7-15-6-1-4-10-19(15)24/h1-14H. The maximum absolute atomic E-state index is 6.13. The fourth-order valence-electron chi connectivity index (χ4n) is 2.63. The van der Waals surface area contributed by atoms with Crippen molar-refractivity contribution in [2.45, 2.75) is 0 Å². The lowest BCUT2D eigenvalue weighted by Gasteiger charge is -1.97. The molecule has 4 rings (SSSR count). The summed E-state index contributed by atoms with van der Waals surface area (Å²) in [6, 6.07) is 21.2. The predicted octanol–water partition coefficient (Wildman–Crippen LogP) is 7.33. The summed E-state index contributed by atoms with van der Waals surface area (Å²) < 4.78 is 6.81. The van der Waals surface area contributed by atoms with E-state index in [-0.39, 0.29) is 0 Å². The summed E-state index contributed by atoms with van der Waals surface area (Å²) in [6.07, 6.45) is 5.52. The summed E-state index contributed by atoms with van der Waals surface area (Å²) in [7, 11) is 0. The van der Waals surface area contributed by atoms with Gasteiger partial charge in [0.25, 0.3) is 0 Å². The largest absolute Gasteiger partial charge is 0.436 e. The van der Waals surface area contributed by atoms with Crippen molar-refractivity contribution in [3.05, 3.63) is 87.9 Å². The van der Waals surface area contributed by atoms with Gasteiger partial charge in [0.05, 0.1) is 11.3 Å². The fraction of sp³-hybridized carbons (Fsp3) is 0. The molecule has 0 aliphatic heterocycles. The molecule has 27 heavy (non-hydrogen) atoms. The summed E-state index contributed by atoms with van der Waals surface area (Å²) in [5.41, 5.74) is 4.17. The van der Waals surface area contributed by atoms with Crippen LogP contribution in [0.3, 0.4) is 0 Å². The molecule has 1 heterocycles. The summed E-state index contributed by atoms with van der Waals surface area (Å²) in [6.45, 7) is 0. The first-order valence-electron chi connectivity index (χ1n) is 8.31. The lowest BCUT2D eigenvalue weighted by molar-refractivity contribution is 0.619. The topological polar surface area (TPSA) is 38.4 Å². The van der Waals surface area contributed by atoms with E-state index in [4.69, 9.17) is 16.0 Å². The van der Waals surface area contributed by atoms with Crippen molar-refractivity contribution < 1.29 is 4.42 Å². The van der Waals surface area contributed by atoms with Crippen LogP contribution in [0.25, 0.3) is 28.6 Å². The van der Waals surface area contributed by atoms with E-state index in [9.17, 15) is 0 Å². The minimum atomic E-state index is 0.581. The van der Waals surface area contributed by atoms with Crippen LogP contribution in [0.2, 0.25) is 5.02 Å². The van der Waals surface area contributed by atoms with Crippen LogP contribution in [0.15, 0.2) is 86.7 Å². The SMILES string of the molecule is Clc1ccccc1C=CC=Nc1ccc2oc(-c3ccccc3Br)nc2c1. The second-order valence-corrected chi connectivity index (χ2v) is 7.07. The molecule has 1 aromatic heterocycles. The van der Waals surface area contributed by atoms with E-state index in [1.54, 1.807) is 6.21 Å². The molecule has 0 N–H and O–H groups in total. The monoisotopic (exact) mass is 436 g/mol. The van der Waals surface area contributed by atoms with Gasteiger partial charge in [0.2, 0.25) is 5.89 Å². The van der Waals surface area contributed by atoms with E-state index < -0.39 is 0 Å². The minimum absolute atomic E-state index is 0.581. The number of fused-ring (bicyclic) bond motifs is 1. The van der Waals surface area contributed by atoms with Crippen molar-refractivity contribution in [2.75, 3.05) is 0 Å². The smallest absolute Gasteiger partial charge is 0.228 e. The number of oxazole rings is 1. The molecule has 0 fully saturated rings. The Bertz CT molecular complexity index is 1160. The van der Waals surface area contributed by atoms with E-state index in [2.05, 4.69) is 25.9 Å². The summed E-state index contributed by atoms with van der Waals surface area (Å²) in [4.78, 5) is 9.04. The van der Waals surface area contributed by atoms with Gasteiger partial charge in [0.1, 0.15) is 5.52 Å². The first-order chi connectivity index (χ1) is 13.2. The second kappa shape index (κ2) is 7.91. The van der Waals surface area contributed by atoms with Gasteiger partial charge in [-0.3, -0.25) is 4.99 Å². The molecule has 0 aliphatic rings. The number of aromatic nitrogens is 1. The third-order valence-corrected chi connectivity index (χ3v) is 5.00. The molecular weight excluding hydrogens is 424 g/mol. The molecule has 0 unspecified atom stereocenters. The van der Waals surface area contributed by atoms with Gasteiger partial charge < -0.3 is 4.42 Å². The number of nitrogens with zero attached hydrogens (tertiary/aromatic N) is 2. The third-order valence-electron chi connectivity index (χ3n) is 3.97. The molecule has 4 aromatic rings. The van der Waals surface area contributed by atoms with Gasteiger partial charge >= 0.3 is 0 Å². The lowest BCUT2D eigenvalue weighted by Crippen LogP contribution is -1.78. The van der Waals surface area contributed by atoms with Gasteiger partial charge in [-0.25, -0.2) is 4.98 Å². The van der Waals surface area contributed by atoms with E-state index in [1.807, 2.05) is 78.9 Å². The Kier molecular flexibility index (Phi) is 5.19. The van der Waals surface area contributed by atoms with Crippen LogP contribution >= 0.6 is 27.5 Å². The van der Waals surface area contributed by atoms with Crippen molar-refractivity contribution in [1.29, 1.82) is 0 Å². The molecule has 0 saturated heterocycles. The first-order valence-corrected chi connectivity index (χ1v) is 9.48. The van der Waals surface area contributed by atoms with Crippen LogP contribution in [-0.2, 0) is 0 Å². The van der Waals surface area contributed by atoms with E-state index in [0.717, 1.165) is 32.4 Å². The quantitative estimate of drug-likeness (QED) is 0.314. The van der Waals surface area contributed by atoms with Crippen molar-refractivity contribution in [2.24, 2.45) is 4.99 Å². The highest BCUT2D eigenvalue weighted by atomic mass is 79.9. The highest BCUT2D eigenvalue weighted by molar-refractivity contribution is 9.10. The molecule has 3 aromatic carbocycles. The Labute approximate surface area is 170 Å². The number of hydrogen-bond acceptors (Lipinski definition) is 3. The molecule has 0 saturated carbocycles. The summed E-state index contributed by atoms with van der Waals surface area (Å²) in [5.74, 6) is 0.581. The van der Waals surface area contributed by atoms with Crippen molar-refractivity contribution in [3.8, 4) is 11.5 Å². The van der Waals surface area contributed by atoms with Crippen LogP contribution in [0.5, 0.6) is 0 Å². The molecule has 5 heteroatoms. The molecule has 0 amide bonds. The van der Waals surface area contributed by atoms with Gasteiger partial charge in [0, 0.05) is 15.7 Å². The Balaban J connectivity index is 1.57. The number of rotatable bonds is 4. The normalized spacial score (nSPS) is 11.8. The van der Waals surface area contributed by atoms with E-state index >= 15 is 0 Å². The highest BCUT2D eigenvalue weighted by Gasteiger charge is 2.11. The number of aliphatic imine (C=N–C) groups is 1. The number of halogens is 2. The maximum Gasteiger partial charge on any atom is 0.228 e. The molecule has 3 nitrogen and oxygen atoms in total. The summed E-state index contributed by atoms with van der Waals surface area (Å²) in [5, 5.41) is 0.714. The van der Waals surface area contributed by atoms with Crippen LogP contribution in [0.4, 0.5) is 5.69 Å². The molecule has 0 atom stereocenters. The van der Waals surface area contributed by atoms with Crippen molar-refractivity contribution in [1.82, 2.24) is 4.98 Å². The van der Waals surface area contributed by atoms with Crippen LogP contribution in [0, 0.1) is 0 Å². The molecule has 0 radical (unpaired) electrons. The van der Waals surface area contributed by atoms with Crippen molar-refractivity contribution >= 4 is 56.6 Å². The van der Waals surface area contributed by atoms with Crippen LogP contribution in [0.1, 0.15) is 5.56 Å².